The molecular weight excluding hydrogens is 279 g/mol. The van der Waals surface area contributed by atoms with Gasteiger partial charge in [0.05, 0.1) is 0 Å². The van der Waals surface area contributed by atoms with Crippen molar-refractivity contribution in [3.8, 4) is 0 Å². The monoisotopic (exact) mass is 300 g/mol. The Balaban J connectivity index is 2.31. The lowest BCUT2D eigenvalue weighted by molar-refractivity contribution is 0.339. The van der Waals surface area contributed by atoms with Crippen molar-refractivity contribution >= 4 is 10.0 Å². The van der Waals surface area contributed by atoms with E-state index in [0.29, 0.717) is 0 Å². The fourth-order valence-corrected chi connectivity index (χ4v) is 4.09. The van der Waals surface area contributed by atoms with Gasteiger partial charge in [0.2, 0.25) is 10.0 Å². The molecule has 1 atom stereocenters. The zero-order valence-corrected chi connectivity index (χ0v) is 12.7. The van der Waals surface area contributed by atoms with E-state index < -0.39 is 15.8 Å². The van der Waals surface area contributed by atoms with Gasteiger partial charge in [0.1, 0.15) is 10.7 Å². The summed E-state index contributed by atoms with van der Waals surface area (Å²) in [6.07, 6.45) is 2.49. The van der Waals surface area contributed by atoms with Crippen molar-refractivity contribution in [1.29, 1.82) is 0 Å². The first kappa shape index (κ1) is 15.4. The molecule has 0 amide bonds. The minimum atomic E-state index is -3.78. The molecule has 0 radical (unpaired) electrons. The molecule has 0 aliphatic carbocycles. The third-order valence-electron chi connectivity index (χ3n) is 3.80. The number of hydrogen-bond donors (Lipinski definition) is 1. The van der Waals surface area contributed by atoms with E-state index in [1.807, 2.05) is 0 Å². The molecule has 1 aromatic carbocycles. The Morgan fingerprint density at radius 1 is 1.30 bits per heavy atom. The van der Waals surface area contributed by atoms with E-state index in [2.05, 4.69) is 5.32 Å². The van der Waals surface area contributed by atoms with Crippen molar-refractivity contribution < 1.29 is 12.8 Å². The Labute approximate surface area is 120 Å². The maximum atomic E-state index is 13.9. The molecule has 1 unspecified atom stereocenters. The van der Waals surface area contributed by atoms with E-state index in [1.54, 1.807) is 20.0 Å². The largest absolute Gasteiger partial charge is 0.317 e. The second-order valence-electron chi connectivity index (χ2n) is 5.29. The summed E-state index contributed by atoms with van der Waals surface area (Å²) in [6.45, 7) is 3.46. The first-order valence-corrected chi connectivity index (χ1v) is 8.32. The van der Waals surface area contributed by atoms with Gasteiger partial charge in [-0.05, 0) is 57.0 Å². The summed E-state index contributed by atoms with van der Waals surface area (Å²) in [5, 5.41) is 3.25. The van der Waals surface area contributed by atoms with Crippen LogP contribution in [0.25, 0.3) is 0 Å². The van der Waals surface area contributed by atoms with Crippen molar-refractivity contribution in [3.05, 3.63) is 29.6 Å². The van der Waals surface area contributed by atoms with Crippen LogP contribution in [0.4, 0.5) is 4.39 Å². The van der Waals surface area contributed by atoms with Gasteiger partial charge in [0, 0.05) is 13.1 Å². The molecule has 2 rings (SSSR count). The highest BCUT2D eigenvalue weighted by atomic mass is 32.2. The number of aryl methyl sites for hydroxylation is 1. The van der Waals surface area contributed by atoms with E-state index in [4.69, 9.17) is 0 Å². The van der Waals surface area contributed by atoms with Gasteiger partial charge in [0.25, 0.3) is 0 Å². The zero-order valence-electron chi connectivity index (χ0n) is 11.9. The highest BCUT2D eigenvalue weighted by Gasteiger charge is 2.30. The lowest BCUT2D eigenvalue weighted by Gasteiger charge is -2.26. The molecule has 0 spiro atoms. The number of sulfonamides is 1. The van der Waals surface area contributed by atoms with E-state index in [1.165, 1.54) is 16.4 Å². The van der Waals surface area contributed by atoms with Crippen LogP contribution in [0.5, 0.6) is 0 Å². The van der Waals surface area contributed by atoms with Crippen molar-refractivity contribution in [2.24, 2.45) is 0 Å². The van der Waals surface area contributed by atoms with Gasteiger partial charge in [0.15, 0.2) is 0 Å². The molecule has 1 heterocycles. The highest BCUT2D eigenvalue weighted by molar-refractivity contribution is 7.89. The normalized spacial score (nSPS) is 20.9. The average Bonchev–Trinajstić information content (AvgIpc) is 2.69. The fourth-order valence-electron chi connectivity index (χ4n) is 2.52. The molecule has 1 saturated heterocycles. The predicted molar refractivity (Wildman–Crippen MR) is 76.6 cm³/mol. The molecule has 1 N–H and O–H groups in total. The Bertz CT molecular complexity index is 567. The van der Waals surface area contributed by atoms with Crippen LogP contribution in [0.2, 0.25) is 0 Å². The fraction of sp³-hybridized carbons (Fsp3) is 0.571. The molecular formula is C14H21FN2O2S. The maximum Gasteiger partial charge on any atom is 0.245 e. The van der Waals surface area contributed by atoms with E-state index in [0.717, 1.165) is 37.9 Å². The first-order chi connectivity index (χ1) is 9.43. The average molecular weight is 300 g/mol. The van der Waals surface area contributed by atoms with Crippen LogP contribution in [0.3, 0.4) is 0 Å². The molecule has 1 aliphatic heterocycles. The second kappa shape index (κ2) is 6.20. The van der Waals surface area contributed by atoms with Crippen LogP contribution in [0.15, 0.2) is 23.1 Å². The second-order valence-corrected chi connectivity index (χ2v) is 7.26. The van der Waals surface area contributed by atoms with E-state index in [-0.39, 0.29) is 10.9 Å². The summed E-state index contributed by atoms with van der Waals surface area (Å²) in [5.41, 5.74) is 0.737. The van der Waals surface area contributed by atoms with Crippen LogP contribution in [-0.4, -0.2) is 38.9 Å². The molecule has 0 saturated carbocycles. The van der Waals surface area contributed by atoms with Gasteiger partial charge in [-0.1, -0.05) is 6.07 Å². The van der Waals surface area contributed by atoms with Crippen LogP contribution < -0.4 is 5.32 Å². The summed E-state index contributed by atoms with van der Waals surface area (Å²) in [6, 6.07) is 4.11. The summed E-state index contributed by atoms with van der Waals surface area (Å²) in [4.78, 5) is -0.225. The van der Waals surface area contributed by atoms with E-state index in [9.17, 15) is 12.8 Å². The smallest absolute Gasteiger partial charge is 0.245 e. The molecule has 1 aliphatic rings. The topological polar surface area (TPSA) is 49.4 Å². The van der Waals surface area contributed by atoms with Crippen LogP contribution in [0.1, 0.15) is 24.8 Å². The van der Waals surface area contributed by atoms with Crippen molar-refractivity contribution in [1.82, 2.24) is 9.62 Å². The lowest BCUT2D eigenvalue weighted by Crippen LogP contribution is -2.38. The van der Waals surface area contributed by atoms with Gasteiger partial charge in [-0.25, -0.2) is 12.8 Å². The van der Waals surface area contributed by atoms with E-state index >= 15 is 0 Å². The Morgan fingerprint density at radius 3 is 2.80 bits per heavy atom. The highest BCUT2D eigenvalue weighted by Crippen LogP contribution is 2.24. The molecule has 4 nitrogen and oxygen atoms in total. The third-order valence-corrected chi connectivity index (χ3v) is 5.73. The minimum absolute atomic E-state index is 0.0742. The summed E-state index contributed by atoms with van der Waals surface area (Å²) in [7, 11) is -2.23. The van der Waals surface area contributed by atoms with Gasteiger partial charge in [-0.3, -0.25) is 0 Å². The van der Waals surface area contributed by atoms with Crippen molar-refractivity contribution in [3.63, 3.8) is 0 Å². The Kier molecular flexibility index (Phi) is 4.78. The number of halogens is 1. The molecule has 0 aromatic heterocycles. The SMILES string of the molecule is Cc1ccc(F)c(S(=O)(=O)N(C)C2CCCNCC2)c1. The predicted octanol–water partition coefficient (Wildman–Crippen LogP) is 1.90. The number of rotatable bonds is 3. The number of hydrogen-bond acceptors (Lipinski definition) is 3. The number of nitrogens with zero attached hydrogens (tertiary/aromatic N) is 1. The van der Waals surface area contributed by atoms with Crippen LogP contribution >= 0.6 is 0 Å². The molecule has 20 heavy (non-hydrogen) atoms. The van der Waals surface area contributed by atoms with Gasteiger partial charge in [-0.15, -0.1) is 0 Å². The number of nitrogens with one attached hydrogen (secondary N) is 1. The molecule has 112 valence electrons. The van der Waals surface area contributed by atoms with Crippen LogP contribution in [-0.2, 0) is 10.0 Å². The maximum absolute atomic E-state index is 13.9. The molecule has 6 heteroatoms. The molecule has 1 aromatic rings. The standard InChI is InChI=1S/C14H21FN2O2S/c1-11-5-6-13(15)14(10-11)20(18,19)17(2)12-4-3-8-16-9-7-12/h5-6,10,12,16H,3-4,7-9H2,1-2H3. The van der Waals surface area contributed by atoms with Crippen molar-refractivity contribution in [2.45, 2.75) is 37.1 Å². The minimum Gasteiger partial charge on any atom is -0.317 e. The summed E-state index contributed by atoms with van der Waals surface area (Å²) < 4.78 is 40.4. The lowest BCUT2D eigenvalue weighted by atomic mass is 10.1. The van der Waals surface area contributed by atoms with Gasteiger partial charge >= 0.3 is 0 Å². The Hall–Kier alpha value is -0.980. The number of benzene rings is 1. The molecule has 1 fully saturated rings. The molecule has 0 bridgehead atoms. The van der Waals surface area contributed by atoms with Crippen LogP contribution in [0, 0.1) is 12.7 Å². The van der Waals surface area contributed by atoms with Gasteiger partial charge in [-0.2, -0.15) is 4.31 Å². The zero-order chi connectivity index (χ0) is 14.8. The van der Waals surface area contributed by atoms with Gasteiger partial charge < -0.3 is 5.32 Å². The third kappa shape index (κ3) is 3.19. The summed E-state index contributed by atoms with van der Waals surface area (Å²) in [5.74, 6) is -0.686. The Morgan fingerprint density at radius 2 is 2.05 bits per heavy atom. The first-order valence-electron chi connectivity index (χ1n) is 6.88. The quantitative estimate of drug-likeness (QED) is 0.927. The van der Waals surface area contributed by atoms with Crippen molar-refractivity contribution in [2.75, 3.05) is 20.1 Å². The summed E-state index contributed by atoms with van der Waals surface area (Å²) >= 11 is 0.